The van der Waals surface area contributed by atoms with Crippen molar-refractivity contribution in [3.63, 3.8) is 0 Å². The van der Waals surface area contributed by atoms with E-state index in [1.807, 2.05) is 31.5 Å². The molecule has 1 saturated carbocycles. The summed E-state index contributed by atoms with van der Waals surface area (Å²) in [7, 11) is 2.12. The van der Waals surface area contributed by atoms with Crippen molar-refractivity contribution in [2.24, 2.45) is 0 Å². The number of rotatable bonds is 2. The number of hydrogen-bond acceptors (Lipinski definition) is 3. The molecule has 3 aromatic rings. The molecule has 1 fully saturated rings. The molecular formula is C24H23N3O. The molecule has 1 spiro atoms. The number of benzene rings is 1. The van der Waals surface area contributed by atoms with Crippen LogP contribution in [0, 0.1) is 6.92 Å². The van der Waals surface area contributed by atoms with Gasteiger partial charge in [-0.05, 0) is 50.5 Å². The normalized spacial score (nSPS) is 16.5. The zero-order valence-electron chi connectivity index (χ0n) is 16.5. The molecule has 2 aliphatic rings. The summed E-state index contributed by atoms with van der Waals surface area (Å²) in [4.78, 5) is 18.8. The number of aromatic nitrogens is 2. The lowest BCUT2D eigenvalue weighted by Crippen LogP contribution is -2.29. The van der Waals surface area contributed by atoms with Crippen LogP contribution >= 0.6 is 0 Å². The molecule has 3 heterocycles. The highest BCUT2D eigenvalue weighted by molar-refractivity contribution is 5.95. The Morgan fingerprint density at radius 1 is 1.21 bits per heavy atom. The number of ketones is 1. The molecule has 5 rings (SSSR count). The highest BCUT2D eigenvalue weighted by Gasteiger charge is 2.51. The second-order valence-corrected chi connectivity index (χ2v) is 7.95. The van der Waals surface area contributed by atoms with Gasteiger partial charge in [0.1, 0.15) is 0 Å². The van der Waals surface area contributed by atoms with Crippen molar-refractivity contribution in [3.8, 4) is 16.8 Å². The molecule has 0 bridgehead atoms. The molecule has 1 aliphatic carbocycles. The third-order valence-electron chi connectivity index (χ3n) is 6.37. The third kappa shape index (κ3) is 2.24. The molecule has 0 atom stereocenters. The molecule has 0 amide bonds. The van der Waals surface area contributed by atoms with Crippen molar-refractivity contribution in [2.75, 3.05) is 7.05 Å². The largest absolute Gasteiger partial charge is 0.364 e. The Hall–Kier alpha value is -3.14. The van der Waals surface area contributed by atoms with Gasteiger partial charge in [0.05, 0.1) is 22.6 Å². The van der Waals surface area contributed by atoms with Gasteiger partial charge in [-0.2, -0.15) is 0 Å². The van der Waals surface area contributed by atoms with Crippen molar-refractivity contribution in [1.82, 2.24) is 14.5 Å². The van der Waals surface area contributed by atoms with Crippen molar-refractivity contribution in [1.29, 1.82) is 0 Å². The summed E-state index contributed by atoms with van der Waals surface area (Å²) in [6, 6.07) is 12.7. The van der Waals surface area contributed by atoms with E-state index >= 15 is 0 Å². The van der Waals surface area contributed by atoms with Crippen molar-refractivity contribution in [2.45, 2.75) is 32.2 Å². The van der Waals surface area contributed by atoms with Gasteiger partial charge in [0.25, 0.3) is 0 Å². The highest BCUT2D eigenvalue weighted by atomic mass is 16.1. The van der Waals surface area contributed by atoms with Gasteiger partial charge in [0.15, 0.2) is 5.78 Å². The predicted octanol–water partition coefficient (Wildman–Crippen LogP) is 4.96. The van der Waals surface area contributed by atoms with Crippen LogP contribution in [-0.2, 0) is 5.54 Å². The molecule has 0 N–H and O–H groups in total. The van der Waals surface area contributed by atoms with Crippen molar-refractivity contribution < 1.29 is 4.79 Å². The van der Waals surface area contributed by atoms with Crippen LogP contribution < -0.4 is 0 Å². The molecule has 2 aromatic heterocycles. The van der Waals surface area contributed by atoms with Gasteiger partial charge < -0.3 is 9.47 Å². The first-order valence-corrected chi connectivity index (χ1v) is 9.66. The molecule has 28 heavy (non-hydrogen) atoms. The van der Waals surface area contributed by atoms with Crippen LogP contribution in [0.1, 0.15) is 47.1 Å². The molecule has 1 aromatic carbocycles. The van der Waals surface area contributed by atoms with Gasteiger partial charge in [0.2, 0.25) is 0 Å². The van der Waals surface area contributed by atoms with Crippen LogP contribution in [-0.4, -0.2) is 27.3 Å². The van der Waals surface area contributed by atoms with E-state index in [0.717, 1.165) is 46.7 Å². The molecule has 0 saturated heterocycles. The third-order valence-corrected chi connectivity index (χ3v) is 6.37. The molecule has 1 aliphatic heterocycles. The van der Waals surface area contributed by atoms with Gasteiger partial charge in [0, 0.05) is 41.8 Å². The lowest BCUT2D eigenvalue weighted by atomic mass is 9.96. The van der Waals surface area contributed by atoms with E-state index in [0.29, 0.717) is 5.56 Å². The fourth-order valence-electron chi connectivity index (χ4n) is 4.49. The summed E-state index contributed by atoms with van der Waals surface area (Å²) in [6.45, 7) is 8.01. The van der Waals surface area contributed by atoms with Crippen LogP contribution in [0.25, 0.3) is 22.5 Å². The quantitative estimate of drug-likeness (QED) is 0.600. The predicted molar refractivity (Wildman–Crippen MR) is 111 cm³/mol. The summed E-state index contributed by atoms with van der Waals surface area (Å²) < 4.78 is 2.15. The zero-order chi connectivity index (χ0) is 19.6. The maximum absolute atomic E-state index is 12.1. The number of carbonyl (C=O) groups excluding carboxylic acids is 1. The topological polar surface area (TPSA) is 38.1 Å². The zero-order valence-corrected chi connectivity index (χ0v) is 16.5. The Labute approximate surface area is 165 Å². The van der Waals surface area contributed by atoms with Crippen LogP contribution in [0.3, 0.4) is 0 Å². The fraction of sp³-hybridized carbons (Fsp3) is 0.250. The van der Waals surface area contributed by atoms with Crippen LogP contribution in [0.15, 0.2) is 55.4 Å². The van der Waals surface area contributed by atoms with E-state index < -0.39 is 0 Å². The lowest BCUT2D eigenvalue weighted by Gasteiger charge is -2.30. The van der Waals surface area contributed by atoms with Gasteiger partial charge in [-0.1, -0.05) is 24.8 Å². The summed E-state index contributed by atoms with van der Waals surface area (Å²) >= 11 is 0. The first kappa shape index (κ1) is 17.0. The summed E-state index contributed by atoms with van der Waals surface area (Å²) in [5.41, 5.74) is 8.37. The second-order valence-electron chi connectivity index (χ2n) is 7.95. The number of pyridine rings is 1. The van der Waals surface area contributed by atoms with Gasteiger partial charge >= 0.3 is 0 Å². The van der Waals surface area contributed by atoms with E-state index in [-0.39, 0.29) is 11.3 Å². The van der Waals surface area contributed by atoms with Gasteiger partial charge in [-0.15, -0.1) is 0 Å². The molecule has 4 heteroatoms. The van der Waals surface area contributed by atoms with E-state index in [1.165, 1.54) is 5.56 Å². The number of aryl methyl sites for hydroxylation is 1. The summed E-state index contributed by atoms with van der Waals surface area (Å²) in [6.07, 6.45) is 6.01. The first-order chi connectivity index (χ1) is 13.4. The average molecular weight is 369 g/mol. The van der Waals surface area contributed by atoms with E-state index in [2.05, 4.69) is 52.3 Å². The Morgan fingerprint density at radius 2 is 2.00 bits per heavy atom. The first-order valence-electron chi connectivity index (χ1n) is 9.66. The molecule has 140 valence electrons. The SMILES string of the molecule is C=C1c2cc(C(C)=O)cn2-c2cc(-c3cccnc3C)ccc2C2(CC2)N1C. The van der Waals surface area contributed by atoms with Crippen LogP contribution in [0.2, 0.25) is 0 Å². The number of Topliss-reactive ketones (excluding diaryl/α,β-unsaturated/α-hetero) is 1. The number of fused-ring (bicyclic) bond motifs is 4. The van der Waals surface area contributed by atoms with Gasteiger partial charge in [-0.3, -0.25) is 9.78 Å². The minimum Gasteiger partial charge on any atom is -0.364 e. The maximum atomic E-state index is 12.1. The minimum atomic E-state index is 0.00430. The smallest absolute Gasteiger partial charge is 0.161 e. The lowest BCUT2D eigenvalue weighted by molar-refractivity contribution is 0.101. The minimum absolute atomic E-state index is 0.00430. The van der Waals surface area contributed by atoms with Crippen molar-refractivity contribution >= 4 is 11.5 Å². The Bertz CT molecular complexity index is 1150. The van der Waals surface area contributed by atoms with E-state index in [1.54, 1.807) is 6.92 Å². The number of nitrogens with zero attached hydrogens (tertiary/aromatic N) is 3. The van der Waals surface area contributed by atoms with Crippen molar-refractivity contribution in [3.05, 3.63) is 77.9 Å². The number of carbonyl (C=O) groups is 1. The van der Waals surface area contributed by atoms with E-state index in [9.17, 15) is 4.79 Å². The Kier molecular flexibility index (Phi) is 3.45. The fourth-order valence-corrected chi connectivity index (χ4v) is 4.49. The Morgan fingerprint density at radius 3 is 2.68 bits per heavy atom. The highest BCUT2D eigenvalue weighted by Crippen LogP contribution is 2.56. The molecule has 0 unspecified atom stereocenters. The average Bonchev–Trinajstić information content (AvgIpc) is 3.38. The molecule has 4 nitrogen and oxygen atoms in total. The number of hydrogen-bond donors (Lipinski definition) is 0. The summed E-state index contributed by atoms with van der Waals surface area (Å²) in [5.74, 6) is 0.0676. The molecule has 0 radical (unpaired) electrons. The van der Waals surface area contributed by atoms with E-state index in [4.69, 9.17) is 0 Å². The van der Waals surface area contributed by atoms with Crippen LogP contribution in [0.5, 0.6) is 0 Å². The molecular weight excluding hydrogens is 346 g/mol. The standard InChI is InChI=1S/C24H23N3O/c1-15-20(6-5-11-25-15)18-7-8-21-23(12-18)27-14-19(17(3)28)13-22(27)16(2)26(4)24(21)9-10-24/h5-8,11-14H,2,9-10H2,1,3-4H3. The maximum Gasteiger partial charge on any atom is 0.161 e. The van der Waals surface area contributed by atoms with Crippen LogP contribution in [0.4, 0.5) is 0 Å². The monoisotopic (exact) mass is 369 g/mol. The summed E-state index contributed by atoms with van der Waals surface area (Å²) in [5, 5.41) is 0. The van der Waals surface area contributed by atoms with Gasteiger partial charge in [-0.25, -0.2) is 0 Å². The Balaban J connectivity index is 1.80. The second kappa shape index (κ2) is 5.68.